The highest BCUT2D eigenvalue weighted by molar-refractivity contribution is 7.12. The fourth-order valence-corrected chi connectivity index (χ4v) is 3.29. The highest BCUT2D eigenvalue weighted by Crippen LogP contribution is 2.20. The van der Waals surface area contributed by atoms with Gasteiger partial charge in [-0.3, -0.25) is 4.79 Å². The molecule has 1 aromatic heterocycles. The van der Waals surface area contributed by atoms with Gasteiger partial charge in [0, 0.05) is 6.54 Å². The second-order valence-electron chi connectivity index (χ2n) is 5.72. The Kier molecular flexibility index (Phi) is 5.75. The van der Waals surface area contributed by atoms with Crippen LogP contribution in [0.4, 0.5) is 0 Å². The van der Waals surface area contributed by atoms with Crippen molar-refractivity contribution in [2.24, 2.45) is 0 Å². The molecule has 0 saturated carbocycles. The monoisotopic (exact) mass is 316 g/mol. The molecule has 4 heteroatoms. The molecule has 1 atom stereocenters. The zero-order valence-corrected chi connectivity index (χ0v) is 14.5. The van der Waals surface area contributed by atoms with Gasteiger partial charge in [0.25, 0.3) is 5.91 Å². The third-order valence-corrected chi connectivity index (χ3v) is 4.94. The summed E-state index contributed by atoms with van der Waals surface area (Å²) in [4.78, 5) is 15.2. The summed E-state index contributed by atoms with van der Waals surface area (Å²) in [5.74, 6) is 0.0181. The van der Waals surface area contributed by atoms with Crippen LogP contribution in [0.1, 0.15) is 39.3 Å². The van der Waals surface area contributed by atoms with Gasteiger partial charge < -0.3 is 10.2 Å². The van der Waals surface area contributed by atoms with Crippen LogP contribution < -0.4 is 5.32 Å². The van der Waals surface area contributed by atoms with Crippen LogP contribution in [0, 0.1) is 6.92 Å². The van der Waals surface area contributed by atoms with Gasteiger partial charge in [0.2, 0.25) is 0 Å². The molecule has 2 aromatic rings. The first-order valence-electron chi connectivity index (χ1n) is 7.60. The summed E-state index contributed by atoms with van der Waals surface area (Å²) in [6.45, 7) is 4.73. The SMILES string of the molecule is CCc1ccc([C@H](CNC(=O)c2sccc2C)N(C)C)cc1. The van der Waals surface area contributed by atoms with Crippen molar-refractivity contribution in [3.05, 3.63) is 57.3 Å². The first-order chi connectivity index (χ1) is 10.5. The van der Waals surface area contributed by atoms with E-state index in [1.807, 2.05) is 32.5 Å². The van der Waals surface area contributed by atoms with E-state index >= 15 is 0 Å². The largest absolute Gasteiger partial charge is 0.349 e. The van der Waals surface area contributed by atoms with E-state index in [-0.39, 0.29) is 11.9 Å². The van der Waals surface area contributed by atoms with Crippen LogP contribution in [0.15, 0.2) is 35.7 Å². The van der Waals surface area contributed by atoms with Crippen molar-refractivity contribution in [3.8, 4) is 0 Å². The number of likely N-dealkylation sites (N-methyl/N-ethyl adjacent to an activating group) is 1. The molecule has 1 heterocycles. The molecule has 1 amide bonds. The van der Waals surface area contributed by atoms with Gasteiger partial charge in [0.05, 0.1) is 10.9 Å². The zero-order chi connectivity index (χ0) is 16.1. The Morgan fingerprint density at radius 3 is 2.41 bits per heavy atom. The van der Waals surface area contributed by atoms with Gasteiger partial charge in [-0.05, 0) is 55.6 Å². The molecule has 0 radical (unpaired) electrons. The van der Waals surface area contributed by atoms with Gasteiger partial charge in [-0.2, -0.15) is 0 Å². The van der Waals surface area contributed by atoms with E-state index in [4.69, 9.17) is 0 Å². The molecule has 0 aliphatic rings. The maximum Gasteiger partial charge on any atom is 0.261 e. The summed E-state index contributed by atoms with van der Waals surface area (Å²) in [6.07, 6.45) is 1.04. The number of carbonyl (C=O) groups excluding carboxylic acids is 1. The maximum absolute atomic E-state index is 12.3. The van der Waals surface area contributed by atoms with E-state index < -0.39 is 0 Å². The third kappa shape index (κ3) is 3.96. The first-order valence-corrected chi connectivity index (χ1v) is 8.48. The van der Waals surface area contributed by atoms with Crippen molar-refractivity contribution in [1.29, 1.82) is 0 Å². The lowest BCUT2D eigenvalue weighted by Crippen LogP contribution is -2.34. The Morgan fingerprint density at radius 2 is 1.91 bits per heavy atom. The lowest BCUT2D eigenvalue weighted by atomic mass is 10.0. The van der Waals surface area contributed by atoms with Crippen molar-refractivity contribution in [1.82, 2.24) is 10.2 Å². The molecular weight excluding hydrogens is 292 g/mol. The van der Waals surface area contributed by atoms with Gasteiger partial charge in [-0.1, -0.05) is 31.2 Å². The van der Waals surface area contributed by atoms with Crippen molar-refractivity contribution in [2.75, 3.05) is 20.6 Å². The van der Waals surface area contributed by atoms with Crippen LogP contribution in [0.25, 0.3) is 0 Å². The second kappa shape index (κ2) is 7.56. The average molecular weight is 316 g/mol. The fourth-order valence-electron chi connectivity index (χ4n) is 2.45. The van der Waals surface area contributed by atoms with E-state index in [2.05, 4.69) is 41.4 Å². The van der Waals surface area contributed by atoms with Crippen LogP contribution in [-0.2, 0) is 6.42 Å². The van der Waals surface area contributed by atoms with Crippen LogP contribution >= 0.6 is 11.3 Å². The van der Waals surface area contributed by atoms with Crippen molar-refractivity contribution < 1.29 is 4.79 Å². The van der Waals surface area contributed by atoms with Gasteiger partial charge in [-0.15, -0.1) is 11.3 Å². The third-order valence-electron chi connectivity index (χ3n) is 3.92. The van der Waals surface area contributed by atoms with E-state index in [0.717, 1.165) is 16.9 Å². The van der Waals surface area contributed by atoms with E-state index in [0.29, 0.717) is 6.54 Å². The molecule has 3 nitrogen and oxygen atoms in total. The normalized spacial score (nSPS) is 12.4. The standard InChI is InChI=1S/C18H24N2OS/c1-5-14-6-8-15(9-7-14)16(20(3)4)12-19-18(21)17-13(2)10-11-22-17/h6-11,16H,5,12H2,1-4H3,(H,19,21)/t16-/m0/s1. The number of nitrogens with zero attached hydrogens (tertiary/aromatic N) is 1. The van der Waals surface area contributed by atoms with Crippen LogP contribution in [0.3, 0.4) is 0 Å². The highest BCUT2D eigenvalue weighted by Gasteiger charge is 2.17. The Bertz CT molecular complexity index is 616. The minimum atomic E-state index is 0.0181. The number of aryl methyl sites for hydroxylation is 2. The Morgan fingerprint density at radius 1 is 1.23 bits per heavy atom. The van der Waals surface area contributed by atoms with Crippen LogP contribution in [0.5, 0.6) is 0 Å². The number of thiophene rings is 1. The van der Waals surface area contributed by atoms with E-state index in [9.17, 15) is 4.79 Å². The molecule has 2 rings (SSSR count). The quantitative estimate of drug-likeness (QED) is 0.882. The Hall–Kier alpha value is -1.65. The maximum atomic E-state index is 12.3. The average Bonchev–Trinajstić information content (AvgIpc) is 2.94. The number of carbonyl (C=O) groups is 1. The topological polar surface area (TPSA) is 32.3 Å². The van der Waals surface area contributed by atoms with Crippen molar-refractivity contribution in [3.63, 3.8) is 0 Å². The summed E-state index contributed by atoms with van der Waals surface area (Å²) in [5, 5.41) is 5.02. The first kappa shape index (κ1) is 16.7. The molecule has 118 valence electrons. The molecular formula is C18H24N2OS. The number of benzene rings is 1. The predicted molar refractivity (Wildman–Crippen MR) is 93.6 cm³/mol. The van der Waals surface area contributed by atoms with Gasteiger partial charge in [0.1, 0.15) is 0 Å². The number of hydrogen-bond acceptors (Lipinski definition) is 3. The van der Waals surface area contributed by atoms with Crippen LogP contribution in [0.2, 0.25) is 0 Å². The molecule has 1 aromatic carbocycles. The summed E-state index contributed by atoms with van der Waals surface area (Å²) in [5.41, 5.74) is 3.60. The second-order valence-corrected chi connectivity index (χ2v) is 6.63. The molecule has 1 N–H and O–H groups in total. The fraction of sp³-hybridized carbons (Fsp3) is 0.389. The van der Waals surface area contributed by atoms with Gasteiger partial charge in [-0.25, -0.2) is 0 Å². The molecule has 0 saturated heterocycles. The van der Waals surface area contributed by atoms with Crippen molar-refractivity contribution in [2.45, 2.75) is 26.3 Å². The number of hydrogen-bond donors (Lipinski definition) is 1. The summed E-state index contributed by atoms with van der Waals surface area (Å²) in [6, 6.07) is 10.8. The summed E-state index contributed by atoms with van der Waals surface area (Å²) >= 11 is 1.49. The highest BCUT2D eigenvalue weighted by atomic mass is 32.1. The molecule has 0 spiro atoms. The van der Waals surface area contributed by atoms with Gasteiger partial charge >= 0.3 is 0 Å². The Labute approximate surface area is 137 Å². The lowest BCUT2D eigenvalue weighted by Gasteiger charge is -2.25. The minimum Gasteiger partial charge on any atom is -0.349 e. The lowest BCUT2D eigenvalue weighted by molar-refractivity contribution is 0.0945. The van der Waals surface area contributed by atoms with Gasteiger partial charge in [0.15, 0.2) is 0 Å². The molecule has 0 unspecified atom stereocenters. The zero-order valence-electron chi connectivity index (χ0n) is 13.7. The molecule has 0 fully saturated rings. The summed E-state index contributed by atoms with van der Waals surface area (Å²) < 4.78 is 0. The van der Waals surface area contributed by atoms with E-state index in [1.165, 1.54) is 22.5 Å². The molecule has 0 bridgehead atoms. The smallest absolute Gasteiger partial charge is 0.261 e. The Balaban J connectivity index is 2.05. The van der Waals surface area contributed by atoms with E-state index in [1.54, 1.807) is 0 Å². The molecule has 0 aliphatic carbocycles. The number of nitrogens with one attached hydrogen (secondary N) is 1. The minimum absolute atomic E-state index is 0.0181. The number of amides is 1. The molecule has 22 heavy (non-hydrogen) atoms. The summed E-state index contributed by atoms with van der Waals surface area (Å²) in [7, 11) is 4.09. The number of rotatable bonds is 6. The van der Waals surface area contributed by atoms with Crippen LogP contribution in [-0.4, -0.2) is 31.4 Å². The predicted octanol–water partition coefficient (Wildman–Crippen LogP) is 3.65. The van der Waals surface area contributed by atoms with Crippen molar-refractivity contribution >= 4 is 17.2 Å². The molecule has 0 aliphatic heterocycles.